The molecule has 0 spiro atoms. The number of ether oxygens (including phenoxy) is 1. The lowest BCUT2D eigenvalue weighted by molar-refractivity contribution is -0.123. The number of para-hydroxylation sites is 1. The highest BCUT2D eigenvalue weighted by molar-refractivity contribution is 6.30. The van der Waals surface area contributed by atoms with Gasteiger partial charge in [0.1, 0.15) is 11.3 Å². The van der Waals surface area contributed by atoms with Crippen LogP contribution in [0.1, 0.15) is 32.1 Å². The first-order valence-corrected chi connectivity index (χ1v) is 9.07. The van der Waals surface area contributed by atoms with E-state index >= 15 is 0 Å². The van der Waals surface area contributed by atoms with E-state index in [4.69, 9.17) is 16.3 Å². The number of hydrogen-bond acceptors (Lipinski definition) is 3. The molecule has 2 amide bonds. The topological polar surface area (TPSA) is 67.4 Å². The molecule has 0 unspecified atom stereocenters. The van der Waals surface area contributed by atoms with E-state index in [2.05, 4.69) is 10.6 Å². The van der Waals surface area contributed by atoms with E-state index < -0.39 is 11.6 Å². The molecule has 1 fully saturated rings. The zero-order valence-corrected chi connectivity index (χ0v) is 15.1. The maximum atomic E-state index is 12.9. The first kappa shape index (κ1) is 18.3. The number of hydrogen-bond donors (Lipinski definition) is 2. The molecule has 0 bridgehead atoms. The van der Waals surface area contributed by atoms with Crippen LogP contribution < -0.4 is 15.4 Å². The van der Waals surface area contributed by atoms with Gasteiger partial charge in [0.2, 0.25) is 5.91 Å². The summed E-state index contributed by atoms with van der Waals surface area (Å²) in [6, 6.07) is 15.7. The summed E-state index contributed by atoms with van der Waals surface area (Å²) >= 11 is 5.88. The summed E-state index contributed by atoms with van der Waals surface area (Å²) in [7, 11) is 0. The highest BCUT2D eigenvalue weighted by atomic mass is 35.5. The summed E-state index contributed by atoms with van der Waals surface area (Å²) in [5, 5.41) is 6.29. The first-order valence-electron chi connectivity index (χ1n) is 8.69. The van der Waals surface area contributed by atoms with Gasteiger partial charge in [-0.15, -0.1) is 0 Å². The Morgan fingerprint density at radius 3 is 2.23 bits per heavy atom. The largest absolute Gasteiger partial charge is 0.413 e. The molecular weight excluding hydrogens is 352 g/mol. The Hall–Kier alpha value is -2.53. The van der Waals surface area contributed by atoms with Crippen molar-refractivity contribution in [3.8, 4) is 5.75 Å². The van der Waals surface area contributed by atoms with Gasteiger partial charge in [-0.3, -0.25) is 4.79 Å². The van der Waals surface area contributed by atoms with Gasteiger partial charge in [-0.05, 0) is 49.2 Å². The quantitative estimate of drug-likeness (QED) is 0.812. The van der Waals surface area contributed by atoms with Gasteiger partial charge in [-0.2, -0.15) is 0 Å². The van der Waals surface area contributed by atoms with E-state index in [0.29, 0.717) is 29.3 Å². The number of carbonyl (C=O) groups excluding carboxylic acids is 2. The molecule has 0 heterocycles. The number of carbonyl (C=O) groups is 2. The standard InChI is InChI=1S/C20H21ClN2O3/c21-15-9-11-16(12-10-15)22-18(24)20(13-5-2-6-14-20)23-19(25)26-17-7-3-1-4-8-17/h1,3-4,7-12H,2,5-6,13-14H2,(H,22,24)(H,23,25). The molecule has 1 aliphatic carbocycles. The number of amides is 2. The van der Waals surface area contributed by atoms with E-state index in [1.54, 1.807) is 48.5 Å². The second-order valence-corrected chi connectivity index (χ2v) is 6.87. The Labute approximate surface area is 157 Å². The third-order valence-electron chi connectivity index (χ3n) is 4.54. The Morgan fingerprint density at radius 1 is 0.923 bits per heavy atom. The van der Waals surface area contributed by atoms with Crippen molar-refractivity contribution in [2.75, 3.05) is 5.32 Å². The molecule has 2 aromatic rings. The molecule has 1 aliphatic rings. The zero-order valence-electron chi connectivity index (χ0n) is 14.3. The Morgan fingerprint density at radius 2 is 1.58 bits per heavy atom. The fourth-order valence-electron chi connectivity index (χ4n) is 3.16. The highest BCUT2D eigenvalue weighted by Crippen LogP contribution is 2.30. The molecule has 0 aromatic heterocycles. The Balaban J connectivity index is 1.71. The number of rotatable bonds is 4. The predicted octanol–water partition coefficient (Wildman–Crippen LogP) is 4.77. The van der Waals surface area contributed by atoms with Crippen LogP contribution in [0.15, 0.2) is 54.6 Å². The number of nitrogens with one attached hydrogen (secondary N) is 2. The molecule has 0 aliphatic heterocycles. The summed E-state index contributed by atoms with van der Waals surface area (Å²) in [5.74, 6) is 0.207. The summed E-state index contributed by atoms with van der Waals surface area (Å²) in [5.41, 5.74) is -0.327. The van der Waals surface area contributed by atoms with Crippen LogP contribution in [-0.2, 0) is 4.79 Å². The van der Waals surface area contributed by atoms with Crippen molar-refractivity contribution in [3.05, 3.63) is 59.6 Å². The molecule has 6 heteroatoms. The van der Waals surface area contributed by atoms with Crippen molar-refractivity contribution in [2.45, 2.75) is 37.6 Å². The van der Waals surface area contributed by atoms with Crippen LogP contribution in [0.2, 0.25) is 5.02 Å². The van der Waals surface area contributed by atoms with E-state index in [1.807, 2.05) is 6.07 Å². The molecule has 1 saturated carbocycles. The molecule has 136 valence electrons. The van der Waals surface area contributed by atoms with Crippen molar-refractivity contribution in [3.63, 3.8) is 0 Å². The van der Waals surface area contributed by atoms with Gasteiger partial charge in [0.25, 0.3) is 0 Å². The molecule has 0 saturated heterocycles. The summed E-state index contributed by atoms with van der Waals surface area (Å²) in [6.07, 6.45) is 3.33. The minimum absolute atomic E-state index is 0.232. The molecule has 2 N–H and O–H groups in total. The van der Waals surface area contributed by atoms with Crippen LogP contribution in [0.5, 0.6) is 5.75 Å². The predicted molar refractivity (Wildman–Crippen MR) is 101 cm³/mol. The fourth-order valence-corrected chi connectivity index (χ4v) is 3.29. The van der Waals surface area contributed by atoms with Gasteiger partial charge in [0.15, 0.2) is 0 Å². The maximum Gasteiger partial charge on any atom is 0.413 e. The summed E-state index contributed by atoms with van der Waals surface area (Å²) in [6.45, 7) is 0. The van der Waals surface area contributed by atoms with Gasteiger partial charge >= 0.3 is 6.09 Å². The van der Waals surface area contributed by atoms with Crippen molar-refractivity contribution in [2.24, 2.45) is 0 Å². The van der Waals surface area contributed by atoms with Crippen molar-refractivity contribution >= 4 is 29.3 Å². The van der Waals surface area contributed by atoms with Gasteiger partial charge in [0.05, 0.1) is 0 Å². The Bertz CT molecular complexity index is 756. The molecule has 0 atom stereocenters. The molecule has 5 nitrogen and oxygen atoms in total. The van der Waals surface area contributed by atoms with Crippen LogP contribution >= 0.6 is 11.6 Å². The third-order valence-corrected chi connectivity index (χ3v) is 4.79. The van der Waals surface area contributed by atoms with E-state index in [-0.39, 0.29) is 5.91 Å². The molecule has 26 heavy (non-hydrogen) atoms. The number of benzene rings is 2. The van der Waals surface area contributed by atoms with Crippen LogP contribution in [0.25, 0.3) is 0 Å². The zero-order chi connectivity index (χ0) is 18.4. The van der Waals surface area contributed by atoms with Crippen LogP contribution in [0, 0.1) is 0 Å². The first-order chi connectivity index (χ1) is 12.6. The lowest BCUT2D eigenvalue weighted by Crippen LogP contribution is -2.58. The third kappa shape index (κ3) is 4.55. The Kier molecular flexibility index (Phi) is 5.78. The molecule has 2 aromatic carbocycles. The fraction of sp³-hybridized carbons (Fsp3) is 0.300. The van der Waals surface area contributed by atoms with E-state index in [1.165, 1.54) is 0 Å². The van der Waals surface area contributed by atoms with Crippen molar-refractivity contribution < 1.29 is 14.3 Å². The maximum absolute atomic E-state index is 12.9. The van der Waals surface area contributed by atoms with Crippen LogP contribution in [-0.4, -0.2) is 17.5 Å². The van der Waals surface area contributed by atoms with Gasteiger partial charge < -0.3 is 15.4 Å². The second-order valence-electron chi connectivity index (χ2n) is 6.43. The summed E-state index contributed by atoms with van der Waals surface area (Å²) < 4.78 is 5.31. The van der Waals surface area contributed by atoms with Crippen LogP contribution in [0.4, 0.5) is 10.5 Å². The monoisotopic (exact) mass is 372 g/mol. The van der Waals surface area contributed by atoms with Crippen molar-refractivity contribution in [1.82, 2.24) is 5.32 Å². The molecular formula is C20H21ClN2O3. The average Bonchev–Trinajstić information content (AvgIpc) is 2.65. The smallest absolute Gasteiger partial charge is 0.410 e. The minimum Gasteiger partial charge on any atom is -0.410 e. The average molecular weight is 373 g/mol. The minimum atomic E-state index is -0.969. The van der Waals surface area contributed by atoms with Gasteiger partial charge in [-0.1, -0.05) is 49.1 Å². The lowest BCUT2D eigenvalue weighted by atomic mass is 9.81. The molecule has 3 rings (SSSR count). The molecule has 0 radical (unpaired) electrons. The van der Waals surface area contributed by atoms with Gasteiger partial charge in [0, 0.05) is 10.7 Å². The van der Waals surface area contributed by atoms with Crippen molar-refractivity contribution in [1.29, 1.82) is 0 Å². The van der Waals surface area contributed by atoms with Crippen LogP contribution in [0.3, 0.4) is 0 Å². The van der Waals surface area contributed by atoms with E-state index in [0.717, 1.165) is 19.3 Å². The van der Waals surface area contributed by atoms with Gasteiger partial charge in [-0.25, -0.2) is 4.79 Å². The normalized spacial score (nSPS) is 15.7. The highest BCUT2D eigenvalue weighted by Gasteiger charge is 2.41. The van der Waals surface area contributed by atoms with E-state index in [9.17, 15) is 9.59 Å². The SMILES string of the molecule is O=C(NC1(C(=O)Nc2ccc(Cl)cc2)CCCCC1)Oc1ccccc1. The number of halogens is 1. The number of anilines is 1. The lowest BCUT2D eigenvalue weighted by Gasteiger charge is -2.36. The summed E-state index contributed by atoms with van der Waals surface area (Å²) in [4.78, 5) is 25.3. The second kappa shape index (κ2) is 8.23.